The van der Waals surface area contributed by atoms with Gasteiger partial charge in [0, 0.05) is 6.20 Å². The van der Waals surface area contributed by atoms with Gasteiger partial charge in [0.25, 0.3) is 0 Å². The lowest BCUT2D eigenvalue weighted by atomic mass is 10.0. The Balaban J connectivity index is 2.32. The van der Waals surface area contributed by atoms with Crippen molar-refractivity contribution in [2.75, 3.05) is 0 Å². The Bertz CT molecular complexity index is 622. The van der Waals surface area contributed by atoms with Gasteiger partial charge < -0.3 is 4.74 Å². The maximum absolute atomic E-state index is 12.2. The Morgan fingerprint density at radius 3 is 2.52 bits per heavy atom. The highest BCUT2D eigenvalue weighted by molar-refractivity contribution is 6.29. The molecule has 0 aliphatic heterocycles. The number of halogens is 4. The third-order valence-corrected chi connectivity index (χ3v) is 2.88. The molecule has 1 heterocycles. The van der Waals surface area contributed by atoms with E-state index in [1.807, 2.05) is 0 Å². The molecule has 1 aromatic carbocycles. The van der Waals surface area contributed by atoms with Gasteiger partial charge in [0.2, 0.25) is 0 Å². The first-order valence-electron chi connectivity index (χ1n) is 5.82. The largest absolute Gasteiger partial charge is 0.573 e. The second kappa shape index (κ2) is 6.30. The number of ether oxygens (including phenoxy) is 1. The van der Waals surface area contributed by atoms with Crippen LogP contribution in [-0.4, -0.2) is 11.3 Å². The van der Waals surface area contributed by atoms with E-state index in [1.54, 1.807) is 18.2 Å². The van der Waals surface area contributed by atoms with E-state index in [4.69, 9.17) is 17.4 Å². The quantitative estimate of drug-likeness (QED) is 0.516. The number of hydrogen-bond acceptors (Lipinski definition) is 4. The highest BCUT2D eigenvalue weighted by Gasteiger charge is 2.31. The summed E-state index contributed by atoms with van der Waals surface area (Å²) in [7, 11) is 0. The SMILES string of the molecule is NNC(c1cccc(OC(F)(F)F)c1)c1ccnc(Cl)c1. The highest BCUT2D eigenvalue weighted by atomic mass is 35.5. The highest BCUT2D eigenvalue weighted by Crippen LogP contribution is 2.28. The van der Waals surface area contributed by atoms with Crippen LogP contribution in [0.3, 0.4) is 0 Å². The van der Waals surface area contributed by atoms with Crippen LogP contribution in [0, 0.1) is 0 Å². The van der Waals surface area contributed by atoms with E-state index in [1.165, 1.54) is 24.4 Å². The van der Waals surface area contributed by atoms with Crippen molar-refractivity contribution in [1.82, 2.24) is 10.4 Å². The van der Waals surface area contributed by atoms with Crippen molar-refractivity contribution in [2.45, 2.75) is 12.4 Å². The van der Waals surface area contributed by atoms with E-state index in [0.29, 0.717) is 11.1 Å². The van der Waals surface area contributed by atoms with Crippen LogP contribution in [0.25, 0.3) is 0 Å². The molecule has 4 nitrogen and oxygen atoms in total. The number of rotatable bonds is 4. The van der Waals surface area contributed by atoms with Crippen LogP contribution in [0.15, 0.2) is 42.6 Å². The van der Waals surface area contributed by atoms with Crippen molar-refractivity contribution < 1.29 is 17.9 Å². The molecule has 0 fully saturated rings. The molecule has 0 saturated heterocycles. The average Bonchev–Trinajstić information content (AvgIpc) is 2.38. The minimum Gasteiger partial charge on any atom is -0.406 e. The minimum absolute atomic E-state index is 0.260. The van der Waals surface area contributed by atoms with Crippen LogP contribution in [0.4, 0.5) is 13.2 Å². The summed E-state index contributed by atoms with van der Waals surface area (Å²) < 4.78 is 40.6. The lowest BCUT2D eigenvalue weighted by Crippen LogP contribution is -2.29. The number of pyridine rings is 1. The second-order valence-corrected chi connectivity index (χ2v) is 4.52. The summed E-state index contributed by atoms with van der Waals surface area (Å²) in [4.78, 5) is 3.84. The summed E-state index contributed by atoms with van der Waals surface area (Å²) in [6.07, 6.45) is -3.26. The molecule has 0 amide bonds. The third-order valence-electron chi connectivity index (χ3n) is 2.68. The zero-order valence-corrected chi connectivity index (χ0v) is 11.3. The first kappa shape index (κ1) is 15.6. The van der Waals surface area contributed by atoms with Crippen molar-refractivity contribution >= 4 is 11.6 Å². The van der Waals surface area contributed by atoms with Crippen molar-refractivity contribution in [3.63, 3.8) is 0 Å². The fraction of sp³-hybridized carbons (Fsp3) is 0.154. The summed E-state index contributed by atoms with van der Waals surface area (Å²) in [5, 5.41) is 0.260. The van der Waals surface area contributed by atoms with Crippen molar-refractivity contribution in [2.24, 2.45) is 5.84 Å². The van der Waals surface area contributed by atoms with Crippen molar-refractivity contribution in [3.05, 3.63) is 58.9 Å². The number of nitrogens with zero attached hydrogens (tertiary/aromatic N) is 1. The monoisotopic (exact) mass is 317 g/mol. The van der Waals surface area contributed by atoms with E-state index in [9.17, 15) is 13.2 Å². The van der Waals surface area contributed by atoms with Gasteiger partial charge in [0.1, 0.15) is 10.9 Å². The maximum Gasteiger partial charge on any atom is 0.573 e. The lowest BCUT2D eigenvalue weighted by Gasteiger charge is -2.18. The molecule has 0 spiro atoms. The number of nitrogens with one attached hydrogen (secondary N) is 1. The predicted octanol–water partition coefficient (Wildman–Crippen LogP) is 3.19. The molecule has 3 N–H and O–H groups in total. The summed E-state index contributed by atoms with van der Waals surface area (Å²) >= 11 is 5.80. The zero-order chi connectivity index (χ0) is 15.5. The molecule has 2 rings (SSSR count). The second-order valence-electron chi connectivity index (χ2n) is 4.13. The number of hydrazine groups is 1. The normalized spacial score (nSPS) is 13.0. The van der Waals surface area contributed by atoms with Crippen LogP contribution in [-0.2, 0) is 0 Å². The van der Waals surface area contributed by atoms with Crippen LogP contribution >= 0.6 is 11.6 Å². The average molecular weight is 318 g/mol. The molecule has 1 aromatic heterocycles. The Labute approximate surface area is 123 Å². The van der Waals surface area contributed by atoms with Gasteiger partial charge in [0.15, 0.2) is 0 Å². The van der Waals surface area contributed by atoms with Gasteiger partial charge in [-0.3, -0.25) is 5.84 Å². The summed E-state index contributed by atoms with van der Waals surface area (Å²) in [6.45, 7) is 0. The first-order valence-corrected chi connectivity index (χ1v) is 6.20. The standard InChI is InChI=1S/C13H11ClF3N3O/c14-11-7-9(4-5-19-11)12(20-18)8-2-1-3-10(6-8)21-13(15,16)17/h1-7,12,20H,18H2. The molecule has 2 aromatic rings. The number of nitrogens with two attached hydrogens (primary N) is 1. The van der Waals surface area contributed by atoms with Gasteiger partial charge in [-0.2, -0.15) is 0 Å². The van der Waals surface area contributed by atoms with E-state index < -0.39 is 12.4 Å². The molecule has 0 aliphatic carbocycles. The molecule has 21 heavy (non-hydrogen) atoms. The predicted molar refractivity (Wildman–Crippen MR) is 71.5 cm³/mol. The van der Waals surface area contributed by atoms with Gasteiger partial charge in [-0.25, -0.2) is 10.4 Å². The first-order chi connectivity index (χ1) is 9.89. The van der Waals surface area contributed by atoms with Crippen LogP contribution in [0.2, 0.25) is 5.15 Å². The van der Waals surface area contributed by atoms with Crippen molar-refractivity contribution in [3.8, 4) is 5.75 Å². The fourth-order valence-electron chi connectivity index (χ4n) is 1.87. The van der Waals surface area contributed by atoms with Crippen LogP contribution in [0.5, 0.6) is 5.75 Å². The molecule has 8 heteroatoms. The van der Waals surface area contributed by atoms with E-state index >= 15 is 0 Å². The van der Waals surface area contributed by atoms with Crippen LogP contribution < -0.4 is 16.0 Å². The summed E-state index contributed by atoms with van der Waals surface area (Å²) in [5.74, 6) is 5.17. The minimum atomic E-state index is -4.75. The van der Waals surface area contributed by atoms with Gasteiger partial charge in [0.05, 0.1) is 6.04 Å². The molecule has 0 radical (unpaired) electrons. The molecule has 112 valence electrons. The molecule has 0 saturated carbocycles. The zero-order valence-electron chi connectivity index (χ0n) is 10.6. The van der Waals surface area contributed by atoms with E-state index in [0.717, 1.165) is 0 Å². The molecule has 0 aliphatic rings. The number of alkyl halides is 3. The van der Waals surface area contributed by atoms with E-state index in [-0.39, 0.29) is 10.9 Å². The number of benzene rings is 1. The third kappa shape index (κ3) is 4.32. The molecular weight excluding hydrogens is 307 g/mol. The van der Waals surface area contributed by atoms with E-state index in [2.05, 4.69) is 15.1 Å². The molecule has 1 unspecified atom stereocenters. The van der Waals surface area contributed by atoms with Gasteiger partial charge in [-0.15, -0.1) is 13.2 Å². The number of hydrogen-bond donors (Lipinski definition) is 2. The van der Waals surface area contributed by atoms with Crippen molar-refractivity contribution in [1.29, 1.82) is 0 Å². The Morgan fingerprint density at radius 2 is 1.90 bits per heavy atom. The van der Waals surface area contributed by atoms with Gasteiger partial charge >= 0.3 is 6.36 Å². The van der Waals surface area contributed by atoms with Crippen LogP contribution in [0.1, 0.15) is 17.2 Å². The molecular formula is C13H11ClF3N3O. The Morgan fingerprint density at radius 1 is 1.19 bits per heavy atom. The summed E-state index contributed by atoms with van der Waals surface area (Å²) in [5.41, 5.74) is 3.70. The van der Waals surface area contributed by atoms with Gasteiger partial charge in [-0.05, 0) is 35.4 Å². The Hall–Kier alpha value is -1.83. The maximum atomic E-state index is 12.2. The van der Waals surface area contributed by atoms with Gasteiger partial charge in [-0.1, -0.05) is 23.7 Å². The Kier molecular flexibility index (Phi) is 4.66. The molecule has 0 bridgehead atoms. The lowest BCUT2D eigenvalue weighted by molar-refractivity contribution is -0.274. The topological polar surface area (TPSA) is 60.2 Å². The summed E-state index contributed by atoms with van der Waals surface area (Å²) in [6, 6.07) is 8.24. The number of aromatic nitrogens is 1. The smallest absolute Gasteiger partial charge is 0.406 e. The molecule has 1 atom stereocenters. The fourth-order valence-corrected chi connectivity index (χ4v) is 2.06.